The summed E-state index contributed by atoms with van der Waals surface area (Å²) in [7, 11) is 5.35. The van der Waals surface area contributed by atoms with E-state index in [1.54, 1.807) is 30.4 Å². The smallest absolute Gasteiger partial charge is 0.274 e. The van der Waals surface area contributed by atoms with E-state index < -0.39 is 0 Å². The van der Waals surface area contributed by atoms with Gasteiger partial charge in [-0.2, -0.15) is 16.4 Å². The van der Waals surface area contributed by atoms with Crippen molar-refractivity contribution in [1.29, 1.82) is 0 Å². The Morgan fingerprint density at radius 1 is 1.29 bits per heavy atom. The van der Waals surface area contributed by atoms with Crippen LogP contribution in [0.25, 0.3) is 22.6 Å². The minimum atomic E-state index is -0.344. The molecule has 0 bridgehead atoms. The van der Waals surface area contributed by atoms with Crippen molar-refractivity contribution in [2.24, 2.45) is 0 Å². The van der Waals surface area contributed by atoms with Crippen LogP contribution in [-0.4, -0.2) is 52.3 Å². The maximum atomic E-state index is 13.5. The molecule has 10 heteroatoms. The van der Waals surface area contributed by atoms with Crippen LogP contribution in [0.2, 0.25) is 0 Å². The van der Waals surface area contributed by atoms with Crippen LogP contribution in [0.15, 0.2) is 35.2 Å². The lowest BCUT2D eigenvalue weighted by atomic mass is 9.97. The highest BCUT2D eigenvalue weighted by molar-refractivity contribution is 7.08. The Hall–Kier alpha value is -3.50. The zero-order valence-electron chi connectivity index (χ0n) is 20.1. The predicted molar refractivity (Wildman–Crippen MR) is 132 cm³/mol. The lowest BCUT2D eigenvalue weighted by Gasteiger charge is -2.31. The number of methoxy groups -OCH3 is 1. The van der Waals surface area contributed by atoms with Crippen molar-refractivity contribution < 1.29 is 14.3 Å². The minimum absolute atomic E-state index is 0.135. The second kappa shape index (κ2) is 8.07. The van der Waals surface area contributed by atoms with Crippen molar-refractivity contribution in [2.75, 3.05) is 21.2 Å². The molecule has 0 unspecified atom stereocenters. The van der Waals surface area contributed by atoms with Gasteiger partial charge in [0.05, 0.1) is 24.2 Å². The Balaban J connectivity index is 1.73. The zero-order valence-corrected chi connectivity index (χ0v) is 20.9. The molecular formula is C24H28N6O3S. The second-order valence-corrected chi connectivity index (χ2v) is 10.1. The van der Waals surface area contributed by atoms with Gasteiger partial charge < -0.3 is 19.8 Å². The summed E-state index contributed by atoms with van der Waals surface area (Å²) in [6.45, 7) is 6.26. The standard InChI is InChI=1S/C24H28N6O3S/c1-24(2,3)29(5)23(31)21-17-12-33-20-10-19(32-6)15(18-11-28(4)27-25-18)9-16(20)22(17)30(26-21)14-7-8-34-13-14/h7-11,13,25,27H,12H2,1-6H3. The number of amides is 1. The summed E-state index contributed by atoms with van der Waals surface area (Å²) in [4.78, 5) is 15.2. The largest absolute Gasteiger partial charge is 0.496 e. The maximum absolute atomic E-state index is 13.5. The molecule has 178 valence electrons. The number of nitrogens with zero attached hydrogens (tertiary/aromatic N) is 4. The third-order valence-electron chi connectivity index (χ3n) is 6.16. The van der Waals surface area contributed by atoms with Gasteiger partial charge >= 0.3 is 0 Å². The van der Waals surface area contributed by atoms with Gasteiger partial charge in [-0.25, -0.2) is 4.68 Å². The number of thiophene rings is 1. The number of carbonyl (C=O) groups is 1. The first-order valence-corrected chi connectivity index (χ1v) is 11.9. The highest BCUT2D eigenvalue weighted by Gasteiger charge is 2.35. The number of hydrogen-bond acceptors (Lipinski definition) is 8. The highest BCUT2D eigenvalue weighted by Crippen LogP contribution is 2.45. The molecule has 0 saturated carbocycles. The molecular weight excluding hydrogens is 452 g/mol. The molecule has 2 aliphatic heterocycles. The minimum Gasteiger partial charge on any atom is -0.496 e. The lowest BCUT2D eigenvalue weighted by molar-refractivity contribution is 0.0646. The fourth-order valence-corrected chi connectivity index (χ4v) is 4.62. The van der Waals surface area contributed by atoms with Crippen molar-refractivity contribution in [2.45, 2.75) is 32.9 Å². The summed E-state index contributed by atoms with van der Waals surface area (Å²) in [5.74, 6) is 1.24. The number of nitrogens with one attached hydrogen (secondary N) is 2. The molecule has 0 atom stereocenters. The molecule has 1 aromatic carbocycles. The van der Waals surface area contributed by atoms with Crippen LogP contribution in [0.1, 0.15) is 42.4 Å². The van der Waals surface area contributed by atoms with E-state index >= 15 is 0 Å². The Morgan fingerprint density at radius 2 is 2.09 bits per heavy atom. The van der Waals surface area contributed by atoms with Crippen LogP contribution in [0.5, 0.6) is 11.5 Å². The van der Waals surface area contributed by atoms with Crippen LogP contribution < -0.4 is 20.4 Å². The summed E-state index contributed by atoms with van der Waals surface area (Å²) in [6.07, 6.45) is 1.94. The summed E-state index contributed by atoms with van der Waals surface area (Å²) in [5.41, 5.74) is 11.4. The van der Waals surface area contributed by atoms with E-state index in [0.29, 0.717) is 17.2 Å². The number of benzene rings is 1. The maximum Gasteiger partial charge on any atom is 0.274 e. The Bertz CT molecular complexity index is 1290. The third-order valence-corrected chi connectivity index (χ3v) is 6.83. The van der Waals surface area contributed by atoms with E-state index in [2.05, 4.69) is 11.0 Å². The predicted octanol–water partition coefficient (Wildman–Crippen LogP) is 3.63. The molecule has 0 radical (unpaired) electrons. The zero-order chi connectivity index (χ0) is 24.2. The van der Waals surface area contributed by atoms with Gasteiger partial charge in [-0.05, 0) is 38.3 Å². The van der Waals surface area contributed by atoms with Crippen molar-refractivity contribution in [3.63, 3.8) is 0 Å². The number of fused-ring (bicyclic) bond motifs is 3. The van der Waals surface area contributed by atoms with Crippen LogP contribution >= 0.6 is 11.3 Å². The molecule has 0 saturated heterocycles. The molecule has 2 aromatic heterocycles. The number of aromatic nitrogens is 2. The van der Waals surface area contributed by atoms with E-state index in [0.717, 1.165) is 33.8 Å². The SMILES string of the molecule is COc1cc2c(cc1C1=CN(C)NN1)-c1c(c(C(=O)N(C)C(C)(C)C)nn1-c1ccsc1)CO2. The van der Waals surface area contributed by atoms with Gasteiger partial charge in [-0.15, -0.1) is 5.53 Å². The average Bonchev–Trinajstić information content (AvgIpc) is 3.55. The summed E-state index contributed by atoms with van der Waals surface area (Å²) in [5, 5.41) is 10.7. The van der Waals surface area contributed by atoms with Gasteiger partial charge in [0.25, 0.3) is 5.91 Å². The number of hydrazine groups is 2. The first kappa shape index (κ1) is 22.3. The molecule has 0 aliphatic carbocycles. The van der Waals surface area contributed by atoms with Gasteiger partial charge in [0, 0.05) is 54.0 Å². The van der Waals surface area contributed by atoms with Gasteiger partial charge in [-0.1, -0.05) is 0 Å². The summed E-state index contributed by atoms with van der Waals surface area (Å²) >= 11 is 1.58. The molecule has 0 spiro atoms. The van der Waals surface area contributed by atoms with E-state index in [4.69, 9.17) is 14.6 Å². The molecule has 0 fully saturated rings. The first-order valence-electron chi connectivity index (χ1n) is 10.9. The molecule has 1 amide bonds. The monoisotopic (exact) mass is 480 g/mol. The molecule has 9 nitrogen and oxygen atoms in total. The van der Waals surface area contributed by atoms with Crippen LogP contribution in [0.3, 0.4) is 0 Å². The van der Waals surface area contributed by atoms with Crippen LogP contribution in [0, 0.1) is 0 Å². The Morgan fingerprint density at radius 3 is 2.71 bits per heavy atom. The Labute approximate surface area is 202 Å². The van der Waals surface area contributed by atoms with Gasteiger partial charge in [-0.3, -0.25) is 9.80 Å². The van der Waals surface area contributed by atoms with Gasteiger partial charge in [0.1, 0.15) is 18.1 Å². The van der Waals surface area contributed by atoms with E-state index in [1.165, 1.54) is 0 Å². The van der Waals surface area contributed by atoms with Gasteiger partial charge in [0.2, 0.25) is 0 Å². The van der Waals surface area contributed by atoms with E-state index in [-0.39, 0.29) is 18.1 Å². The van der Waals surface area contributed by atoms with Crippen molar-refractivity contribution in [3.05, 3.63) is 52.0 Å². The molecule has 2 N–H and O–H groups in total. The fraction of sp³-hybridized carbons (Fsp3) is 0.333. The highest BCUT2D eigenvalue weighted by atomic mass is 32.1. The molecule has 4 heterocycles. The third kappa shape index (κ3) is 3.59. The molecule has 34 heavy (non-hydrogen) atoms. The van der Waals surface area contributed by atoms with Crippen molar-refractivity contribution in [3.8, 4) is 28.4 Å². The van der Waals surface area contributed by atoms with Crippen LogP contribution in [0.4, 0.5) is 0 Å². The van der Waals surface area contributed by atoms with E-state index in [1.807, 2.05) is 72.7 Å². The second-order valence-electron chi connectivity index (χ2n) is 9.33. The lowest BCUT2D eigenvalue weighted by Crippen LogP contribution is -2.43. The average molecular weight is 481 g/mol. The first-order chi connectivity index (χ1) is 16.2. The number of rotatable bonds is 4. The normalized spacial score (nSPS) is 14.6. The number of ether oxygens (including phenoxy) is 2. The van der Waals surface area contributed by atoms with E-state index in [9.17, 15) is 4.79 Å². The van der Waals surface area contributed by atoms with Crippen LogP contribution in [-0.2, 0) is 6.61 Å². The van der Waals surface area contributed by atoms with Crippen molar-refractivity contribution in [1.82, 2.24) is 30.6 Å². The quantitative estimate of drug-likeness (QED) is 0.590. The van der Waals surface area contributed by atoms with Gasteiger partial charge in [0.15, 0.2) is 5.69 Å². The fourth-order valence-electron chi connectivity index (χ4n) is 4.00. The summed E-state index contributed by atoms with van der Waals surface area (Å²) < 4.78 is 13.7. The number of hydrogen-bond donors (Lipinski definition) is 2. The molecule has 3 aromatic rings. The number of carbonyl (C=O) groups excluding carboxylic acids is 1. The van der Waals surface area contributed by atoms with Crippen molar-refractivity contribution >= 4 is 22.9 Å². The molecule has 2 aliphatic rings. The summed E-state index contributed by atoms with van der Waals surface area (Å²) in [6, 6.07) is 5.92. The molecule has 5 rings (SSSR count). The Kier molecular flexibility index (Phi) is 5.29. The topological polar surface area (TPSA) is 83.9 Å².